The van der Waals surface area contributed by atoms with Gasteiger partial charge in [-0.15, -0.1) is 9.24 Å². The van der Waals surface area contributed by atoms with E-state index in [1.807, 2.05) is 4.90 Å². The topological polar surface area (TPSA) is 44.1 Å². The average molecular weight is 392 g/mol. The third-order valence-electron chi connectivity index (χ3n) is 5.89. The number of halogens is 2. The Morgan fingerprint density at radius 3 is 2.15 bits per heavy atom. The molecule has 2 fully saturated rings. The summed E-state index contributed by atoms with van der Waals surface area (Å²) in [5, 5.41) is 9.08. The summed E-state index contributed by atoms with van der Waals surface area (Å²) < 4.78 is 27.8. The van der Waals surface area contributed by atoms with Crippen LogP contribution in [-0.2, 0) is 0 Å². The predicted octanol–water partition coefficient (Wildman–Crippen LogP) is 5.34. The van der Waals surface area contributed by atoms with Gasteiger partial charge in [0.05, 0.1) is 11.7 Å². The molecule has 2 saturated carbocycles. The van der Waals surface area contributed by atoms with Crippen molar-refractivity contribution in [1.29, 1.82) is 5.26 Å². The molecule has 1 amide bonds. The molecular weight excluding hydrogens is 365 g/mol. The van der Waals surface area contributed by atoms with Gasteiger partial charge < -0.3 is 4.90 Å². The van der Waals surface area contributed by atoms with Gasteiger partial charge in [0.15, 0.2) is 0 Å². The Morgan fingerprint density at radius 1 is 1.19 bits per heavy atom. The molecule has 3 rings (SSSR count). The van der Waals surface area contributed by atoms with E-state index in [0.717, 1.165) is 38.5 Å². The van der Waals surface area contributed by atoms with Gasteiger partial charge >= 0.3 is 0 Å². The highest BCUT2D eigenvalue weighted by molar-refractivity contribution is 7.17. The van der Waals surface area contributed by atoms with Crippen molar-refractivity contribution in [3.05, 3.63) is 35.4 Å². The molecular formula is C21H27F2N2OP. The van der Waals surface area contributed by atoms with Gasteiger partial charge in [0.25, 0.3) is 11.8 Å². The number of amides is 1. The molecule has 0 N–H and O–H groups in total. The predicted molar refractivity (Wildman–Crippen MR) is 105 cm³/mol. The van der Waals surface area contributed by atoms with Crippen LogP contribution in [0.3, 0.4) is 0 Å². The molecule has 0 heterocycles. The molecule has 0 aromatic heterocycles. The van der Waals surface area contributed by atoms with E-state index in [0.29, 0.717) is 17.2 Å². The number of hydrogen-bond acceptors (Lipinski definition) is 2. The lowest BCUT2D eigenvalue weighted by Gasteiger charge is -2.36. The molecule has 2 aliphatic carbocycles. The van der Waals surface area contributed by atoms with Crippen LogP contribution in [0.5, 0.6) is 0 Å². The van der Waals surface area contributed by atoms with E-state index in [-0.39, 0.29) is 24.3 Å². The largest absolute Gasteiger partial charge is 0.333 e. The summed E-state index contributed by atoms with van der Waals surface area (Å²) in [6.45, 7) is 1.48. The second-order valence-electron chi connectivity index (χ2n) is 7.79. The van der Waals surface area contributed by atoms with Gasteiger partial charge in [-0.05, 0) is 56.2 Å². The highest BCUT2D eigenvalue weighted by Crippen LogP contribution is 2.41. The molecule has 1 aromatic carbocycles. The molecule has 2 aliphatic rings. The maximum Gasteiger partial charge on any atom is 0.257 e. The van der Waals surface area contributed by atoms with Gasteiger partial charge in [-0.25, -0.2) is 8.78 Å². The summed E-state index contributed by atoms with van der Waals surface area (Å²) in [6, 6.07) is 9.46. The first-order valence-corrected chi connectivity index (χ1v) is 10.5. The van der Waals surface area contributed by atoms with Gasteiger partial charge in [-0.2, -0.15) is 5.26 Å². The number of alkyl halides is 2. The van der Waals surface area contributed by atoms with E-state index in [2.05, 4.69) is 15.3 Å². The number of carbonyl (C=O) groups is 1. The van der Waals surface area contributed by atoms with E-state index in [4.69, 9.17) is 5.26 Å². The van der Waals surface area contributed by atoms with Crippen molar-refractivity contribution in [2.75, 3.05) is 0 Å². The molecule has 6 heteroatoms. The zero-order chi connectivity index (χ0) is 19.6. The number of carbonyl (C=O) groups excluding carboxylic acids is 1. The lowest BCUT2D eigenvalue weighted by atomic mass is 9.86. The molecule has 146 valence electrons. The van der Waals surface area contributed by atoms with Crippen LogP contribution in [0, 0.1) is 17.2 Å². The van der Waals surface area contributed by atoms with Crippen molar-refractivity contribution in [1.82, 2.24) is 4.90 Å². The van der Waals surface area contributed by atoms with Crippen LogP contribution >= 0.6 is 9.24 Å². The molecule has 3 nitrogen and oxygen atoms in total. The van der Waals surface area contributed by atoms with Crippen LogP contribution in [0.15, 0.2) is 24.3 Å². The Hall–Kier alpha value is -1.53. The highest BCUT2D eigenvalue weighted by atomic mass is 31.0. The number of hydrogen-bond donors (Lipinski definition) is 0. The molecule has 0 saturated heterocycles. The number of benzene rings is 1. The fraction of sp³-hybridized carbons (Fsp3) is 0.619. The third kappa shape index (κ3) is 4.49. The van der Waals surface area contributed by atoms with Crippen molar-refractivity contribution in [3.8, 4) is 6.07 Å². The Labute approximate surface area is 162 Å². The SMILES string of the molecule is CCC(F)(F)C(P)c1ccc(C(=O)N(C2CCC(C#N)CC2)C2CC2)cc1. The van der Waals surface area contributed by atoms with E-state index in [9.17, 15) is 13.6 Å². The van der Waals surface area contributed by atoms with Crippen molar-refractivity contribution in [3.63, 3.8) is 0 Å². The van der Waals surface area contributed by atoms with Gasteiger partial charge in [0.1, 0.15) is 0 Å². The fourth-order valence-corrected chi connectivity index (χ4v) is 4.37. The fourth-order valence-electron chi connectivity index (χ4n) is 3.91. The van der Waals surface area contributed by atoms with Crippen molar-refractivity contribution in [2.24, 2.45) is 5.92 Å². The van der Waals surface area contributed by atoms with E-state index in [1.54, 1.807) is 24.3 Å². The smallest absolute Gasteiger partial charge is 0.257 e. The first kappa shape index (κ1) is 20.2. The second-order valence-corrected chi connectivity index (χ2v) is 8.46. The first-order chi connectivity index (χ1) is 12.9. The summed E-state index contributed by atoms with van der Waals surface area (Å²) in [6.07, 6.45) is 5.26. The number of rotatable bonds is 6. The minimum Gasteiger partial charge on any atom is -0.333 e. The lowest BCUT2D eigenvalue weighted by molar-refractivity contribution is -0.00574. The van der Waals surface area contributed by atoms with Crippen LogP contribution in [0.4, 0.5) is 8.78 Å². The quantitative estimate of drug-likeness (QED) is 0.614. The number of nitriles is 1. The second kappa shape index (κ2) is 8.23. The van der Waals surface area contributed by atoms with Crippen LogP contribution in [0.25, 0.3) is 0 Å². The Balaban J connectivity index is 1.73. The summed E-state index contributed by atoms with van der Waals surface area (Å²) in [4.78, 5) is 15.1. The summed E-state index contributed by atoms with van der Waals surface area (Å²) in [7, 11) is 2.23. The van der Waals surface area contributed by atoms with E-state index >= 15 is 0 Å². The van der Waals surface area contributed by atoms with Gasteiger partial charge in [0.2, 0.25) is 0 Å². The lowest BCUT2D eigenvalue weighted by Crippen LogP contribution is -2.43. The standard InChI is InChI=1S/C21H27F2N2OP/c1-2-21(22,23)19(27)15-5-7-16(8-6-15)20(26)25(18-11-12-18)17-9-3-14(13-24)4-10-17/h5-8,14,17-19H,2-4,9-12,27H2,1H3. The van der Waals surface area contributed by atoms with Crippen molar-refractivity contribution in [2.45, 2.75) is 75.5 Å². The van der Waals surface area contributed by atoms with Crippen LogP contribution < -0.4 is 0 Å². The van der Waals surface area contributed by atoms with E-state index < -0.39 is 11.6 Å². The molecule has 0 aliphatic heterocycles. The summed E-state index contributed by atoms with van der Waals surface area (Å²) in [5.74, 6) is -2.68. The average Bonchev–Trinajstić information content (AvgIpc) is 3.53. The third-order valence-corrected chi connectivity index (χ3v) is 6.76. The first-order valence-electron chi connectivity index (χ1n) is 9.83. The molecule has 0 bridgehead atoms. The Kier molecular flexibility index (Phi) is 6.16. The summed E-state index contributed by atoms with van der Waals surface area (Å²) >= 11 is 0. The van der Waals surface area contributed by atoms with Crippen molar-refractivity contribution >= 4 is 15.1 Å². The maximum absolute atomic E-state index is 13.9. The minimum atomic E-state index is -2.78. The van der Waals surface area contributed by atoms with E-state index in [1.165, 1.54) is 6.92 Å². The molecule has 0 spiro atoms. The normalized spacial score (nSPS) is 24.1. The Bertz CT molecular complexity index is 704. The zero-order valence-corrected chi connectivity index (χ0v) is 16.9. The Morgan fingerprint density at radius 2 is 1.70 bits per heavy atom. The van der Waals surface area contributed by atoms with Gasteiger partial charge in [0, 0.05) is 30.0 Å². The molecule has 27 heavy (non-hydrogen) atoms. The van der Waals surface area contributed by atoms with Crippen LogP contribution in [-0.4, -0.2) is 28.8 Å². The number of nitrogens with zero attached hydrogens (tertiary/aromatic N) is 2. The molecule has 0 radical (unpaired) electrons. The minimum absolute atomic E-state index is 0.00739. The van der Waals surface area contributed by atoms with Crippen molar-refractivity contribution < 1.29 is 13.6 Å². The maximum atomic E-state index is 13.9. The van der Waals surface area contributed by atoms with Gasteiger partial charge in [-0.1, -0.05) is 19.1 Å². The zero-order valence-electron chi connectivity index (χ0n) is 15.7. The molecule has 2 unspecified atom stereocenters. The van der Waals surface area contributed by atoms with Crippen LogP contribution in [0.2, 0.25) is 0 Å². The molecule has 1 aromatic rings. The van der Waals surface area contributed by atoms with Crippen LogP contribution in [0.1, 0.15) is 73.4 Å². The highest BCUT2D eigenvalue weighted by Gasteiger charge is 2.39. The van der Waals surface area contributed by atoms with Gasteiger partial charge in [-0.3, -0.25) is 4.79 Å². The molecule has 2 atom stereocenters. The summed E-state index contributed by atoms with van der Waals surface area (Å²) in [5.41, 5.74) is 0.133. The monoisotopic (exact) mass is 392 g/mol.